The van der Waals surface area contributed by atoms with Crippen molar-refractivity contribution in [1.29, 1.82) is 0 Å². The van der Waals surface area contributed by atoms with Gasteiger partial charge in [0.05, 0.1) is 6.20 Å². The molecule has 1 aromatic carbocycles. The molecule has 0 amide bonds. The van der Waals surface area contributed by atoms with Crippen molar-refractivity contribution in [1.82, 2.24) is 25.0 Å². The van der Waals surface area contributed by atoms with E-state index >= 15 is 4.39 Å². The molecule has 0 aliphatic carbocycles. The fourth-order valence-corrected chi connectivity index (χ4v) is 3.11. The van der Waals surface area contributed by atoms with Gasteiger partial charge in [-0.25, -0.2) is 18.2 Å². The van der Waals surface area contributed by atoms with Crippen LogP contribution in [-0.2, 0) is 12.2 Å². The first-order valence-electron chi connectivity index (χ1n) is 8.50. The first kappa shape index (κ1) is 17.6. The molecule has 3 heterocycles. The third-order valence-corrected chi connectivity index (χ3v) is 4.68. The SMILES string of the molecule is Fc1cccc(CN2CCC(F)(c3nc(-c4cnccn4)no3)CC2)c1F. The number of piperidine rings is 1. The van der Waals surface area contributed by atoms with E-state index in [1.54, 1.807) is 0 Å². The lowest BCUT2D eigenvalue weighted by Crippen LogP contribution is -2.40. The average molecular weight is 375 g/mol. The summed E-state index contributed by atoms with van der Waals surface area (Å²) in [6.07, 6.45) is 4.70. The third-order valence-electron chi connectivity index (χ3n) is 4.68. The molecule has 0 unspecified atom stereocenters. The number of aromatic nitrogens is 4. The molecule has 0 N–H and O–H groups in total. The van der Waals surface area contributed by atoms with Gasteiger partial charge in [-0.15, -0.1) is 0 Å². The first-order chi connectivity index (χ1) is 13.0. The van der Waals surface area contributed by atoms with Gasteiger partial charge in [0.1, 0.15) is 5.69 Å². The van der Waals surface area contributed by atoms with Crippen LogP contribution in [0.4, 0.5) is 13.2 Å². The first-order valence-corrected chi connectivity index (χ1v) is 8.50. The summed E-state index contributed by atoms with van der Waals surface area (Å²) in [5.74, 6) is -1.66. The number of nitrogens with zero attached hydrogens (tertiary/aromatic N) is 5. The average Bonchev–Trinajstić information content (AvgIpc) is 3.19. The second-order valence-corrected chi connectivity index (χ2v) is 6.47. The van der Waals surface area contributed by atoms with Crippen LogP contribution < -0.4 is 0 Å². The van der Waals surface area contributed by atoms with Crippen LogP contribution in [0.25, 0.3) is 11.5 Å². The minimum atomic E-state index is -1.76. The number of likely N-dealkylation sites (tertiary alicyclic amines) is 1. The van der Waals surface area contributed by atoms with Crippen LogP contribution in [0.15, 0.2) is 41.3 Å². The molecule has 140 valence electrons. The number of halogens is 3. The van der Waals surface area contributed by atoms with Gasteiger partial charge in [-0.2, -0.15) is 4.98 Å². The minimum absolute atomic E-state index is 0.0975. The van der Waals surface area contributed by atoms with Crippen LogP contribution in [-0.4, -0.2) is 38.1 Å². The van der Waals surface area contributed by atoms with Crippen molar-refractivity contribution in [3.05, 3.63) is 59.9 Å². The predicted molar refractivity (Wildman–Crippen MR) is 89.0 cm³/mol. The molecule has 1 aliphatic rings. The Morgan fingerprint density at radius 2 is 1.96 bits per heavy atom. The predicted octanol–water partition coefficient (Wildman–Crippen LogP) is 3.27. The molecule has 0 bridgehead atoms. The smallest absolute Gasteiger partial charge is 0.264 e. The number of hydrogen-bond acceptors (Lipinski definition) is 6. The highest BCUT2D eigenvalue weighted by Gasteiger charge is 2.41. The minimum Gasteiger partial charge on any atom is -0.335 e. The largest absolute Gasteiger partial charge is 0.335 e. The summed E-state index contributed by atoms with van der Waals surface area (Å²) in [5, 5.41) is 3.78. The van der Waals surface area contributed by atoms with E-state index in [0.29, 0.717) is 18.8 Å². The Morgan fingerprint density at radius 1 is 1.15 bits per heavy atom. The Kier molecular flexibility index (Phi) is 4.61. The lowest BCUT2D eigenvalue weighted by Gasteiger charge is -2.34. The second-order valence-electron chi connectivity index (χ2n) is 6.47. The van der Waals surface area contributed by atoms with Gasteiger partial charge < -0.3 is 4.52 Å². The zero-order valence-electron chi connectivity index (χ0n) is 14.3. The molecule has 9 heteroatoms. The highest BCUT2D eigenvalue weighted by Crippen LogP contribution is 2.37. The number of alkyl halides is 1. The van der Waals surface area contributed by atoms with Crippen molar-refractivity contribution in [3.8, 4) is 11.5 Å². The zero-order valence-corrected chi connectivity index (χ0v) is 14.3. The van der Waals surface area contributed by atoms with Gasteiger partial charge >= 0.3 is 0 Å². The van der Waals surface area contributed by atoms with E-state index < -0.39 is 17.3 Å². The number of hydrogen-bond donors (Lipinski definition) is 0. The van der Waals surface area contributed by atoms with Crippen LogP contribution in [0.5, 0.6) is 0 Å². The second kappa shape index (κ2) is 7.07. The highest BCUT2D eigenvalue weighted by atomic mass is 19.2. The Hall–Kier alpha value is -2.81. The maximum atomic E-state index is 15.3. The summed E-state index contributed by atoms with van der Waals surface area (Å²) < 4.78 is 47.6. The van der Waals surface area contributed by atoms with Gasteiger partial charge in [0.25, 0.3) is 5.89 Å². The maximum Gasteiger partial charge on any atom is 0.264 e. The van der Waals surface area contributed by atoms with Crippen LogP contribution in [0.2, 0.25) is 0 Å². The maximum absolute atomic E-state index is 15.3. The lowest BCUT2D eigenvalue weighted by atomic mass is 9.93. The van der Waals surface area contributed by atoms with E-state index in [1.165, 1.54) is 30.7 Å². The van der Waals surface area contributed by atoms with Crippen molar-refractivity contribution in [3.63, 3.8) is 0 Å². The fraction of sp³-hybridized carbons (Fsp3) is 0.333. The van der Waals surface area contributed by atoms with Gasteiger partial charge in [-0.3, -0.25) is 9.88 Å². The van der Waals surface area contributed by atoms with Gasteiger partial charge in [0, 0.05) is 50.4 Å². The molecule has 0 saturated carbocycles. The van der Waals surface area contributed by atoms with Crippen LogP contribution in [0, 0.1) is 11.6 Å². The molecule has 1 saturated heterocycles. The molecule has 0 spiro atoms. The monoisotopic (exact) mass is 375 g/mol. The molecule has 0 atom stereocenters. The summed E-state index contributed by atoms with van der Waals surface area (Å²) in [6, 6.07) is 4.07. The summed E-state index contributed by atoms with van der Waals surface area (Å²) in [6.45, 7) is 0.930. The standard InChI is InChI=1S/C18H16F3N5O/c19-13-3-1-2-12(15(13)20)11-26-8-4-18(21,5-9-26)17-24-16(25-27-17)14-10-22-6-7-23-14/h1-3,6-7,10H,4-5,8-9,11H2. The molecule has 1 aliphatic heterocycles. The van der Waals surface area contributed by atoms with E-state index in [2.05, 4.69) is 20.1 Å². The third kappa shape index (κ3) is 3.55. The van der Waals surface area contributed by atoms with Gasteiger partial charge in [-0.05, 0) is 6.07 Å². The van der Waals surface area contributed by atoms with Crippen molar-refractivity contribution in [2.45, 2.75) is 25.1 Å². The highest BCUT2D eigenvalue weighted by molar-refractivity contribution is 5.45. The zero-order chi connectivity index (χ0) is 18.9. The van der Waals surface area contributed by atoms with Crippen molar-refractivity contribution in [2.75, 3.05) is 13.1 Å². The molecule has 2 aromatic heterocycles. The molecular weight excluding hydrogens is 359 g/mol. The topological polar surface area (TPSA) is 67.9 Å². The van der Waals surface area contributed by atoms with Crippen molar-refractivity contribution < 1.29 is 17.7 Å². The molecule has 27 heavy (non-hydrogen) atoms. The van der Waals surface area contributed by atoms with Crippen LogP contribution >= 0.6 is 0 Å². The van der Waals surface area contributed by atoms with E-state index in [4.69, 9.17) is 4.52 Å². The van der Waals surface area contributed by atoms with Crippen LogP contribution in [0.3, 0.4) is 0 Å². The van der Waals surface area contributed by atoms with E-state index in [0.717, 1.165) is 6.07 Å². The quantitative estimate of drug-likeness (QED) is 0.697. The fourth-order valence-electron chi connectivity index (χ4n) is 3.11. The Bertz CT molecular complexity index is 926. The Morgan fingerprint density at radius 3 is 2.70 bits per heavy atom. The van der Waals surface area contributed by atoms with E-state index in [-0.39, 0.29) is 36.7 Å². The number of benzene rings is 1. The van der Waals surface area contributed by atoms with Gasteiger partial charge in [0.2, 0.25) is 5.82 Å². The molecule has 4 rings (SSSR count). The molecule has 1 fully saturated rings. The Labute approximate surface area is 153 Å². The van der Waals surface area contributed by atoms with Crippen LogP contribution in [0.1, 0.15) is 24.3 Å². The molecule has 0 radical (unpaired) electrons. The number of rotatable bonds is 4. The van der Waals surface area contributed by atoms with Crippen molar-refractivity contribution in [2.24, 2.45) is 0 Å². The summed E-state index contributed by atoms with van der Waals surface area (Å²) in [7, 11) is 0. The molecule has 6 nitrogen and oxygen atoms in total. The normalized spacial score (nSPS) is 17.1. The van der Waals surface area contributed by atoms with Gasteiger partial charge in [-0.1, -0.05) is 17.3 Å². The van der Waals surface area contributed by atoms with Crippen molar-refractivity contribution >= 4 is 0 Å². The summed E-state index contributed by atoms with van der Waals surface area (Å²) in [5.41, 5.74) is -1.11. The molecule has 3 aromatic rings. The summed E-state index contributed by atoms with van der Waals surface area (Å²) >= 11 is 0. The molecular formula is C18H16F3N5O. The lowest BCUT2D eigenvalue weighted by molar-refractivity contribution is 0.0246. The Balaban J connectivity index is 1.44. The van der Waals surface area contributed by atoms with Gasteiger partial charge in [0.15, 0.2) is 17.3 Å². The van der Waals surface area contributed by atoms with E-state index in [9.17, 15) is 8.78 Å². The summed E-state index contributed by atoms with van der Waals surface area (Å²) in [4.78, 5) is 14.0. The van der Waals surface area contributed by atoms with E-state index in [1.807, 2.05) is 4.90 Å².